The molecular weight excluding hydrogens is 288 g/mol. The quantitative estimate of drug-likeness (QED) is 0.856. The van der Waals surface area contributed by atoms with Crippen LogP contribution in [0.15, 0.2) is 11.1 Å². The van der Waals surface area contributed by atoms with Crippen LogP contribution in [-0.2, 0) is 17.6 Å². The van der Waals surface area contributed by atoms with E-state index in [2.05, 4.69) is 11.9 Å². The summed E-state index contributed by atoms with van der Waals surface area (Å²) >= 11 is 1.57. The van der Waals surface area contributed by atoms with E-state index < -0.39 is 12.0 Å². The maximum absolute atomic E-state index is 12.7. The molecule has 5 nitrogen and oxygen atoms in total. The fraction of sp³-hybridized carbons (Fsp3) is 0.533. The molecule has 21 heavy (non-hydrogen) atoms. The third-order valence-corrected chi connectivity index (χ3v) is 5.40. The summed E-state index contributed by atoms with van der Waals surface area (Å²) < 4.78 is 1.21. The van der Waals surface area contributed by atoms with Crippen LogP contribution in [-0.4, -0.2) is 15.5 Å². The van der Waals surface area contributed by atoms with Crippen molar-refractivity contribution in [2.75, 3.05) is 0 Å². The van der Waals surface area contributed by atoms with Gasteiger partial charge in [-0.15, -0.1) is 11.3 Å². The molecule has 2 heterocycles. The van der Waals surface area contributed by atoms with Gasteiger partial charge in [-0.3, -0.25) is 9.36 Å². The largest absolute Gasteiger partial charge is 0.548 e. The topological polar surface area (TPSA) is 75.0 Å². The van der Waals surface area contributed by atoms with E-state index in [1.807, 2.05) is 0 Å². The lowest BCUT2D eigenvalue weighted by Gasteiger charge is -2.19. The van der Waals surface area contributed by atoms with Crippen molar-refractivity contribution in [2.45, 2.75) is 45.6 Å². The first kappa shape index (κ1) is 14.3. The number of hydrogen-bond donors (Lipinski definition) is 0. The Labute approximate surface area is 126 Å². The predicted molar refractivity (Wildman–Crippen MR) is 79.4 cm³/mol. The Balaban J connectivity index is 2.21. The first-order valence-electron chi connectivity index (χ1n) is 7.25. The molecule has 3 rings (SSSR count). The van der Waals surface area contributed by atoms with Gasteiger partial charge in [0.1, 0.15) is 4.83 Å². The highest BCUT2D eigenvalue weighted by atomic mass is 32.1. The molecule has 0 saturated heterocycles. The molecule has 1 aliphatic rings. The van der Waals surface area contributed by atoms with Gasteiger partial charge in [0.05, 0.1) is 23.7 Å². The van der Waals surface area contributed by atoms with Gasteiger partial charge in [-0.05, 0) is 37.2 Å². The average molecular weight is 305 g/mol. The first-order valence-corrected chi connectivity index (χ1v) is 8.06. The lowest BCUT2D eigenvalue weighted by Crippen LogP contribution is -2.38. The minimum absolute atomic E-state index is 0.247. The second-order valence-electron chi connectivity index (χ2n) is 5.73. The van der Waals surface area contributed by atoms with Gasteiger partial charge in [-0.2, -0.15) is 0 Å². The molecule has 0 bridgehead atoms. The van der Waals surface area contributed by atoms with Gasteiger partial charge in [0.25, 0.3) is 5.56 Å². The molecule has 2 aromatic rings. The van der Waals surface area contributed by atoms with E-state index in [1.165, 1.54) is 15.8 Å². The third-order valence-electron chi connectivity index (χ3n) is 4.24. The Morgan fingerprint density at radius 2 is 2.38 bits per heavy atom. The molecule has 2 atom stereocenters. The minimum Gasteiger partial charge on any atom is -0.548 e. The molecule has 0 fully saturated rings. The van der Waals surface area contributed by atoms with Crippen molar-refractivity contribution in [3.63, 3.8) is 0 Å². The first-order chi connectivity index (χ1) is 10.0. The highest BCUT2D eigenvalue weighted by Crippen LogP contribution is 2.35. The van der Waals surface area contributed by atoms with E-state index >= 15 is 0 Å². The molecule has 0 N–H and O–H groups in total. The van der Waals surface area contributed by atoms with Gasteiger partial charge in [0.2, 0.25) is 0 Å². The van der Waals surface area contributed by atoms with Crippen LogP contribution in [0.3, 0.4) is 0 Å². The minimum atomic E-state index is -1.24. The Hall–Kier alpha value is -1.69. The summed E-state index contributed by atoms with van der Waals surface area (Å²) in [6.07, 6.45) is 4.57. The van der Waals surface area contributed by atoms with Gasteiger partial charge in [-0.1, -0.05) is 13.8 Å². The van der Waals surface area contributed by atoms with Gasteiger partial charge < -0.3 is 9.90 Å². The number of aliphatic carboxylic acids is 1. The number of aryl methyl sites for hydroxylation is 1. The van der Waals surface area contributed by atoms with Crippen molar-refractivity contribution in [3.05, 3.63) is 27.1 Å². The zero-order chi connectivity index (χ0) is 15.1. The summed E-state index contributed by atoms with van der Waals surface area (Å²) in [6, 6.07) is -0.951. The van der Waals surface area contributed by atoms with Crippen molar-refractivity contribution in [3.8, 4) is 0 Å². The lowest BCUT2D eigenvalue weighted by atomic mass is 9.89. The van der Waals surface area contributed by atoms with E-state index in [0.29, 0.717) is 17.7 Å². The number of carboxylic acid groups (broad SMARTS) is 1. The van der Waals surface area contributed by atoms with E-state index in [0.717, 1.165) is 29.7 Å². The van der Waals surface area contributed by atoms with E-state index in [-0.39, 0.29) is 5.56 Å². The van der Waals surface area contributed by atoms with Gasteiger partial charge >= 0.3 is 0 Å². The van der Waals surface area contributed by atoms with Crippen molar-refractivity contribution in [1.29, 1.82) is 0 Å². The number of carboxylic acids is 1. The number of aromatic nitrogens is 2. The average Bonchev–Trinajstić information content (AvgIpc) is 2.79. The molecule has 1 aliphatic carbocycles. The van der Waals surface area contributed by atoms with Gasteiger partial charge in [0.15, 0.2) is 0 Å². The fourth-order valence-corrected chi connectivity index (χ4v) is 4.38. The number of carbonyl (C=O) groups is 1. The number of hydrogen-bond acceptors (Lipinski definition) is 5. The Kier molecular flexibility index (Phi) is 3.57. The van der Waals surface area contributed by atoms with E-state index in [9.17, 15) is 14.7 Å². The second-order valence-corrected chi connectivity index (χ2v) is 6.82. The third kappa shape index (κ3) is 2.27. The number of thiophene rings is 1. The molecule has 112 valence electrons. The highest BCUT2D eigenvalue weighted by molar-refractivity contribution is 7.18. The number of nitrogens with zero attached hydrogens (tertiary/aromatic N) is 2. The van der Waals surface area contributed by atoms with Crippen LogP contribution in [0.1, 0.15) is 43.2 Å². The predicted octanol–water partition coefficient (Wildman–Crippen LogP) is 1.28. The molecule has 0 saturated carbocycles. The number of rotatable bonds is 3. The van der Waals surface area contributed by atoms with E-state index in [1.54, 1.807) is 18.3 Å². The molecule has 0 aromatic carbocycles. The molecule has 0 aliphatic heterocycles. The maximum atomic E-state index is 12.7. The summed E-state index contributed by atoms with van der Waals surface area (Å²) in [5.41, 5.74) is 0.830. The normalized spacial score (nSPS) is 19.4. The van der Waals surface area contributed by atoms with Crippen LogP contribution in [0.2, 0.25) is 0 Å². The maximum Gasteiger partial charge on any atom is 0.262 e. The zero-order valence-corrected chi connectivity index (χ0v) is 12.9. The number of fused-ring (bicyclic) bond motifs is 3. The second kappa shape index (κ2) is 5.26. The molecule has 2 aromatic heterocycles. The highest BCUT2D eigenvalue weighted by Gasteiger charge is 2.24. The van der Waals surface area contributed by atoms with Crippen LogP contribution < -0.4 is 10.7 Å². The monoisotopic (exact) mass is 305 g/mol. The van der Waals surface area contributed by atoms with Gasteiger partial charge in [0, 0.05) is 4.88 Å². The SMILES string of the molecule is CC[C@H](C(=O)[O-])n1cnc2sc3c(c2c1=O)CC[C@H](C)C3. The summed E-state index contributed by atoms with van der Waals surface area (Å²) in [5, 5.41) is 11.8. The van der Waals surface area contributed by atoms with Crippen LogP contribution in [0.5, 0.6) is 0 Å². The van der Waals surface area contributed by atoms with Crippen molar-refractivity contribution < 1.29 is 9.90 Å². The number of carbonyl (C=O) groups excluding carboxylic acids is 1. The summed E-state index contributed by atoms with van der Waals surface area (Å²) in [7, 11) is 0. The van der Waals surface area contributed by atoms with Crippen LogP contribution in [0, 0.1) is 5.92 Å². The summed E-state index contributed by atoms with van der Waals surface area (Å²) in [6.45, 7) is 3.93. The van der Waals surface area contributed by atoms with Crippen molar-refractivity contribution >= 4 is 27.5 Å². The molecule has 0 unspecified atom stereocenters. The van der Waals surface area contributed by atoms with Crippen LogP contribution in [0.25, 0.3) is 10.2 Å². The summed E-state index contributed by atoms with van der Waals surface area (Å²) in [5.74, 6) is -0.613. The van der Waals surface area contributed by atoms with Crippen LogP contribution >= 0.6 is 11.3 Å². The standard InChI is InChI=1S/C15H18N2O3S/c1-3-10(15(19)20)17-7-16-13-12(14(17)18)9-5-4-8(2)6-11(9)21-13/h7-8,10H,3-6H2,1-2H3,(H,19,20)/p-1/t8-,10+/m0/s1. The zero-order valence-electron chi connectivity index (χ0n) is 12.1. The molecular formula is C15H17N2O3S-. The van der Waals surface area contributed by atoms with Crippen molar-refractivity contribution in [2.24, 2.45) is 5.92 Å². The van der Waals surface area contributed by atoms with E-state index in [4.69, 9.17) is 0 Å². The lowest BCUT2D eigenvalue weighted by molar-refractivity contribution is -0.310. The summed E-state index contributed by atoms with van der Waals surface area (Å²) in [4.78, 5) is 30.1. The molecule has 0 spiro atoms. The van der Waals surface area contributed by atoms with Crippen molar-refractivity contribution in [1.82, 2.24) is 9.55 Å². The Morgan fingerprint density at radius 3 is 3.05 bits per heavy atom. The molecule has 6 heteroatoms. The van der Waals surface area contributed by atoms with Gasteiger partial charge in [-0.25, -0.2) is 4.98 Å². The fourth-order valence-electron chi connectivity index (χ4n) is 3.04. The Morgan fingerprint density at radius 1 is 1.62 bits per heavy atom. The smallest absolute Gasteiger partial charge is 0.262 e. The molecule has 0 amide bonds. The molecule has 0 radical (unpaired) electrons. The van der Waals surface area contributed by atoms with Crippen LogP contribution in [0.4, 0.5) is 0 Å². The Bertz CT molecular complexity index is 762.